The number of rotatable bonds is 5. The standard InChI is InChI=1S/C14H14ClN3O2S/c1-2-20-11-5-3-10(4-6-11)17-14(19)18-16-9-12-7-8-13(15)21-12/h3-9H,2H2,1H3,(H2,17,18,19)/b16-9+. The first-order chi connectivity index (χ1) is 10.2. The van der Waals surface area contributed by atoms with Gasteiger partial charge in [-0.25, -0.2) is 10.2 Å². The molecule has 0 aliphatic heterocycles. The number of anilines is 1. The maximum absolute atomic E-state index is 11.6. The van der Waals surface area contributed by atoms with E-state index >= 15 is 0 Å². The zero-order valence-electron chi connectivity index (χ0n) is 11.3. The molecule has 0 bridgehead atoms. The van der Waals surface area contributed by atoms with Crippen molar-refractivity contribution in [1.82, 2.24) is 5.43 Å². The van der Waals surface area contributed by atoms with Crippen LogP contribution >= 0.6 is 22.9 Å². The van der Waals surface area contributed by atoms with Crippen LogP contribution in [0.4, 0.5) is 10.5 Å². The summed E-state index contributed by atoms with van der Waals surface area (Å²) in [5.74, 6) is 0.760. The van der Waals surface area contributed by atoms with Gasteiger partial charge < -0.3 is 10.1 Å². The molecule has 0 radical (unpaired) electrons. The zero-order valence-corrected chi connectivity index (χ0v) is 12.9. The Morgan fingerprint density at radius 2 is 2.10 bits per heavy atom. The maximum atomic E-state index is 11.6. The van der Waals surface area contributed by atoms with Gasteiger partial charge in [-0.15, -0.1) is 11.3 Å². The molecule has 0 aliphatic carbocycles. The molecule has 1 aromatic carbocycles. The van der Waals surface area contributed by atoms with Crippen LogP contribution in [-0.4, -0.2) is 18.9 Å². The first-order valence-electron chi connectivity index (χ1n) is 6.25. The SMILES string of the molecule is CCOc1ccc(NC(=O)N/N=C/c2ccc(Cl)s2)cc1. The van der Waals surface area contributed by atoms with Crippen molar-refractivity contribution in [3.05, 3.63) is 45.6 Å². The van der Waals surface area contributed by atoms with E-state index in [4.69, 9.17) is 16.3 Å². The smallest absolute Gasteiger partial charge is 0.339 e. The largest absolute Gasteiger partial charge is 0.494 e. The van der Waals surface area contributed by atoms with Crippen molar-refractivity contribution in [1.29, 1.82) is 0 Å². The molecule has 7 heteroatoms. The number of nitrogens with one attached hydrogen (secondary N) is 2. The number of carbonyl (C=O) groups excluding carboxylic acids is 1. The average Bonchev–Trinajstić information content (AvgIpc) is 2.87. The van der Waals surface area contributed by atoms with Crippen LogP contribution < -0.4 is 15.5 Å². The van der Waals surface area contributed by atoms with Crippen LogP contribution in [0.25, 0.3) is 0 Å². The molecule has 2 aromatic rings. The van der Waals surface area contributed by atoms with Gasteiger partial charge in [0.15, 0.2) is 0 Å². The Hall–Kier alpha value is -2.05. The minimum Gasteiger partial charge on any atom is -0.494 e. The number of urea groups is 1. The molecule has 2 amide bonds. The normalized spacial score (nSPS) is 10.6. The van der Waals surface area contributed by atoms with Crippen LogP contribution in [0.1, 0.15) is 11.8 Å². The quantitative estimate of drug-likeness (QED) is 0.646. The summed E-state index contributed by atoms with van der Waals surface area (Å²) in [7, 11) is 0. The van der Waals surface area contributed by atoms with Gasteiger partial charge in [-0.2, -0.15) is 5.10 Å². The number of thiophene rings is 1. The molecule has 110 valence electrons. The van der Waals surface area contributed by atoms with E-state index in [0.717, 1.165) is 10.6 Å². The number of hydrogen-bond donors (Lipinski definition) is 2. The van der Waals surface area contributed by atoms with Crippen LogP contribution in [0.2, 0.25) is 4.34 Å². The minimum atomic E-state index is -0.418. The van der Waals surface area contributed by atoms with Crippen molar-refractivity contribution in [2.45, 2.75) is 6.92 Å². The number of ether oxygens (including phenoxy) is 1. The Labute approximate surface area is 131 Å². The van der Waals surface area contributed by atoms with Gasteiger partial charge in [0.25, 0.3) is 0 Å². The first kappa shape index (κ1) is 15.3. The summed E-state index contributed by atoms with van der Waals surface area (Å²) < 4.78 is 6.00. The van der Waals surface area contributed by atoms with E-state index in [1.807, 2.05) is 13.0 Å². The molecule has 0 fully saturated rings. The molecule has 21 heavy (non-hydrogen) atoms. The lowest BCUT2D eigenvalue weighted by atomic mass is 10.3. The Balaban J connectivity index is 1.82. The molecular weight excluding hydrogens is 310 g/mol. The van der Waals surface area contributed by atoms with Crippen molar-refractivity contribution in [3.8, 4) is 5.75 Å². The monoisotopic (exact) mass is 323 g/mol. The predicted molar refractivity (Wildman–Crippen MR) is 86.7 cm³/mol. The molecule has 0 saturated carbocycles. The Bertz CT molecular complexity index is 625. The number of amides is 2. The number of benzene rings is 1. The Morgan fingerprint density at radius 1 is 1.33 bits per heavy atom. The van der Waals surface area contributed by atoms with E-state index in [9.17, 15) is 4.79 Å². The van der Waals surface area contributed by atoms with Crippen LogP contribution in [-0.2, 0) is 0 Å². The summed E-state index contributed by atoms with van der Waals surface area (Å²) in [6.45, 7) is 2.52. The lowest BCUT2D eigenvalue weighted by Gasteiger charge is -2.06. The fraction of sp³-hybridized carbons (Fsp3) is 0.143. The van der Waals surface area contributed by atoms with Gasteiger partial charge in [-0.1, -0.05) is 11.6 Å². The highest BCUT2D eigenvalue weighted by molar-refractivity contribution is 7.17. The van der Waals surface area contributed by atoms with Gasteiger partial charge in [0.2, 0.25) is 0 Å². The second-order valence-corrected chi connectivity index (χ2v) is 5.67. The van der Waals surface area contributed by atoms with Crippen molar-refractivity contribution in [2.24, 2.45) is 5.10 Å². The molecule has 0 saturated heterocycles. The average molecular weight is 324 g/mol. The summed E-state index contributed by atoms with van der Waals surface area (Å²) >= 11 is 7.17. The molecule has 1 heterocycles. The molecule has 5 nitrogen and oxygen atoms in total. The number of hydrogen-bond acceptors (Lipinski definition) is 4. The number of halogens is 1. The highest BCUT2D eigenvalue weighted by Gasteiger charge is 2.00. The number of carbonyl (C=O) groups is 1. The fourth-order valence-corrected chi connectivity index (χ4v) is 2.45. The predicted octanol–water partition coefficient (Wildman–Crippen LogP) is 3.96. The molecule has 0 atom stereocenters. The van der Waals surface area contributed by atoms with Gasteiger partial charge in [-0.3, -0.25) is 0 Å². The number of nitrogens with zero attached hydrogens (tertiary/aromatic N) is 1. The third kappa shape index (κ3) is 5.09. The first-order valence-corrected chi connectivity index (χ1v) is 7.45. The molecule has 0 spiro atoms. The van der Waals surface area contributed by atoms with Crippen LogP contribution in [0.5, 0.6) is 5.75 Å². The lowest BCUT2D eigenvalue weighted by Crippen LogP contribution is -2.24. The van der Waals surface area contributed by atoms with Crippen molar-refractivity contribution in [3.63, 3.8) is 0 Å². The Morgan fingerprint density at radius 3 is 2.71 bits per heavy atom. The number of hydrazone groups is 1. The van der Waals surface area contributed by atoms with E-state index in [-0.39, 0.29) is 0 Å². The third-order valence-electron chi connectivity index (χ3n) is 2.38. The van der Waals surface area contributed by atoms with Gasteiger partial charge in [0, 0.05) is 10.6 Å². The fourth-order valence-electron chi connectivity index (χ4n) is 1.51. The van der Waals surface area contributed by atoms with Crippen LogP contribution in [0.15, 0.2) is 41.5 Å². The van der Waals surface area contributed by atoms with Crippen LogP contribution in [0.3, 0.4) is 0 Å². The van der Waals surface area contributed by atoms with Gasteiger partial charge in [-0.05, 0) is 43.3 Å². The molecular formula is C14H14ClN3O2S. The molecule has 2 rings (SSSR count). The van der Waals surface area contributed by atoms with Gasteiger partial charge in [0.05, 0.1) is 17.2 Å². The van der Waals surface area contributed by atoms with E-state index in [2.05, 4.69) is 15.8 Å². The highest BCUT2D eigenvalue weighted by atomic mass is 35.5. The summed E-state index contributed by atoms with van der Waals surface area (Å²) in [6, 6.07) is 10.3. The van der Waals surface area contributed by atoms with Crippen molar-refractivity contribution < 1.29 is 9.53 Å². The van der Waals surface area contributed by atoms with E-state index in [1.165, 1.54) is 17.6 Å². The summed E-state index contributed by atoms with van der Waals surface area (Å²) in [5.41, 5.74) is 3.04. The molecule has 0 unspecified atom stereocenters. The third-order valence-corrected chi connectivity index (χ3v) is 3.54. The minimum absolute atomic E-state index is 0.418. The summed E-state index contributed by atoms with van der Waals surface area (Å²) in [6.07, 6.45) is 1.54. The van der Waals surface area contributed by atoms with Crippen molar-refractivity contribution in [2.75, 3.05) is 11.9 Å². The molecule has 1 aromatic heterocycles. The summed E-state index contributed by atoms with van der Waals surface area (Å²) in [4.78, 5) is 12.5. The molecule has 2 N–H and O–H groups in total. The van der Waals surface area contributed by atoms with Crippen LogP contribution in [0, 0.1) is 0 Å². The summed E-state index contributed by atoms with van der Waals surface area (Å²) in [5, 5.41) is 6.50. The topological polar surface area (TPSA) is 62.7 Å². The maximum Gasteiger partial charge on any atom is 0.339 e. The lowest BCUT2D eigenvalue weighted by molar-refractivity contribution is 0.252. The van der Waals surface area contributed by atoms with E-state index in [0.29, 0.717) is 16.6 Å². The second kappa shape index (κ2) is 7.66. The Kier molecular flexibility index (Phi) is 5.59. The van der Waals surface area contributed by atoms with Crippen molar-refractivity contribution >= 4 is 40.9 Å². The van der Waals surface area contributed by atoms with Gasteiger partial charge in [0.1, 0.15) is 5.75 Å². The van der Waals surface area contributed by atoms with E-state index in [1.54, 1.807) is 30.3 Å². The highest BCUT2D eigenvalue weighted by Crippen LogP contribution is 2.19. The molecule has 0 aliphatic rings. The van der Waals surface area contributed by atoms with Gasteiger partial charge >= 0.3 is 6.03 Å². The second-order valence-electron chi connectivity index (χ2n) is 3.92. The zero-order chi connectivity index (χ0) is 15.1. The van der Waals surface area contributed by atoms with E-state index < -0.39 is 6.03 Å².